The molecule has 0 radical (unpaired) electrons. The van der Waals surface area contributed by atoms with E-state index in [1.165, 1.54) is 0 Å². The van der Waals surface area contributed by atoms with Crippen molar-refractivity contribution in [3.05, 3.63) is 10.4 Å². The number of fused-ring (bicyclic) bond motifs is 1. The lowest BCUT2D eigenvalue weighted by Gasteiger charge is -2.44. The molecule has 1 aliphatic carbocycles. The molecule has 358 valence electrons. The second kappa shape index (κ2) is 22.7. The molecule has 13 atom stereocenters. The Hall–Kier alpha value is -4.05. The fraction of sp³-hybridized carbons (Fsp3) is 0.778. The van der Waals surface area contributed by atoms with Crippen LogP contribution in [0.1, 0.15) is 71.6 Å². The van der Waals surface area contributed by atoms with E-state index in [4.69, 9.17) is 34.5 Å². The highest BCUT2D eigenvalue weighted by atomic mass is 31.2. The second-order valence-corrected chi connectivity index (χ2v) is 17.6. The molecule has 0 aromatic carbocycles. The van der Waals surface area contributed by atoms with Gasteiger partial charge in [-0.25, -0.2) is 9.36 Å². The Morgan fingerprint density at radius 1 is 1.02 bits per heavy atom. The number of aliphatic hydroxyl groups is 5. The first kappa shape index (κ1) is 51.6. The maximum atomic E-state index is 12.8. The van der Waals surface area contributed by atoms with Crippen molar-refractivity contribution in [2.75, 3.05) is 36.2 Å². The lowest BCUT2D eigenvalue weighted by Crippen LogP contribution is -2.60. The summed E-state index contributed by atoms with van der Waals surface area (Å²) in [5.41, 5.74) is 5.77. The third-order valence-corrected chi connectivity index (χ3v) is 12.4. The number of hydrogen-bond donors (Lipinski definition) is 14. The van der Waals surface area contributed by atoms with Crippen LogP contribution in [-0.4, -0.2) is 179 Å². The average Bonchev–Trinajstić information content (AvgIpc) is 3.46. The van der Waals surface area contributed by atoms with E-state index in [0.717, 1.165) is 12.8 Å². The van der Waals surface area contributed by atoms with Crippen molar-refractivity contribution in [2.45, 2.75) is 151 Å². The molecule has 63 heavy (non-hydrogen) atoms. The monoisotopic (exact) mass is 925 g/mol. The summed E-state index contributed by atoms with van der Waals surface area (Å²) in [6.45, 7) is 2.37. The number of amides is 1. The minimum absolute atomic E-state index is 0.0192. The maximum absolute atomic E-state index is 12.8. The van der Waals surface area contributed by atoms with Gasteiger partial charge in [0, 0.05) is 38.0 Å². The van der Waals surface area contributed by atoms with E-state index in [9.17, 15) is 64.1 Å². The predicted octanol–water partition coefficient (Wildman–Crippen LogP) is -2.75. The largest absolute Gasteiger partial charge is 0.481 e. The Morgan fingerprint density at radius 2 is 1.65 bits per heavy atom. The number of phosphoric ester groups is 1. The van der Waals surface area contributed by atoms with Gasteiger partial charge in [0.25, 0.3) is 11.5 Å². The number of ether oxygens (including phenoxy) is 2. The van der Waals surface area contributed by atoms with Gasteiger partial charge in [-0.1, -0.05) is 0 Å². The number of likely N-dealkylation sites (N-methyl/N-ethyl adjacent to an activating group) is 1. The number of nitrogens with zero attached hydrogens (tertiary/aromatic N) is 2. The number of aliphatic carboxylic acids is 3. The van der Waals surface area contributed by atoms with Gasteiger partial charge in [-0.3, -0.25) is 33.2 Å². The van der Waals surface area contributed by atoms with Gasteiger partial charge in [0.15, 0.2) is 12.1 Å². The van der Waals surface area contributed by atoms with Crippen LogP contribution in [0.5, 0.6) is 0 Å². The summed E-state index contributed by atoms with van der Waals surface area (Å²) in [6.07, 6.45) is -13.3. The molecule has 1 amide bonds. The number of carbonyl (C=O) groups is 4. The van der Waals surface area contributed by atoms with Crippen LogP contribution in [0.15, 0.2) is 4.79 Å². The van der Waals surface area contributed by atoms with E-state index in [-0.39, 0.29) is 48.0 Å². The summed E-state index contributed by atoms with van der Waals surface area (Å²) < 4.78 is 33.1. The van der Waals surface area contributed by atoms with Crippen LogP contribution in [0, 0.1) is 5.92 Å². The van der Waals surface area contributed by atoms with Crippen molar-refractivity contribution in [1.29, 1.82) is 0 Å². The number of carboxylic acids is 3. The standard InChI is InChI=1S/C36H60N7O19P/c1-15(26-16(2)39-31-27(43(26)3)33(54)42-36(37)41-31)38-18-6-4-17(5-7-18)12-20(44)28(50)21(45)13-59-35-30(52)29(51)23(61-35)14-60-63(57,58)62-22(9-11-25(48)49)32(53)40-19(34(55)56)8-10-24(46)47/h15-23,26,28-30,35,38,44-45,50-52H,4-14H2,1-3H3,(H,40,53)(H,46,47)(H,48,49)(H,55,56)(H,57,58)(H4,37,39,41,42,54). The molecular formula is C36H60N7O19P. The number of carbonyl (C=O) groups excluding carboxylic acids is 1. The van der Waals surface area contributed by atoms with Gasteiger partial charge in [-0.2, -0.15) is 4.98 Å². The fourth-order valence-corrected chi connectivity index (χ4v) is 9.07. The SMILES string of the molecule is CC1Nc2nc(N)[nH]c(=O)c2N(C)C1C(C)NC1CCC(CC(O)C(O)C(O)COC2OC(COP(=O)(O)OC(CCC(=O)O)C(=O)NC(CCC(=O)O)C(=O)O)C(O)C2O)CC1. The normalized spacial score (nSPS) is 28.6. The van der Waals surface area contributed by atoms with Crippen LogP contribution in [-0.2, 0) is 42.3 Å². The van der Waals surface area contributed by atoms with Gasteiger partial charge in [0.05, 0.1) is 25.4 Å². The molecule has 0 spiro atoms. The number of phosphoric acid groups is 1. The van der Waals surface area contributed by atoms with Gasteiger partial charge >= 0.3 is 25.7 Å². The Labute approximate surface area is 360 Å². The summed E-state index contributed by atoms with van der Waals surface area (Å²) in [4.78, 5) is 77.8. The summed E-state index contributed by atoms with van der Waals surface area (Å²) >= 11 is 0. The highest BCUT2D eigenvalue weighted by Crippen LogP contribution is 2.46. The maximum Gasteiger partial charge on any atom is 0.473 e. The zero-order chi connectivity index (χ0) is 46.9. The molecule has 15 N–H and O–H groups in total. The van der Waals surface area contributed by atoms with Gasteiger partial charge in [-0.15, -0.1) is 0 Å². The number of aliphatic hydroxyl groups excluding tert-OH is 5. The van der Waals surface area contributed by atoms with Crippen LogP contribution in [0.3, 0.4) is 0 Å². The van der Waals surface area contributed by atoms with Gasteiger partial charge in [0.1, 0.15) is 48.4 Å². The fourth-order valence-electron chi connectivity index (χ4n) is 8.16. The smallest absolute Gasteiger partial charge is 0.473 e. The number of carboxylic acid groups (broad SMARTS) is 3. The molecule has 2 aliphatic heterocycles. The predicted molar refractivity (Wildman–Crippen MR) is 216 cm³/mol. The summed E-state index contributed by atoms with van der Waals surface area (Å²) in [6, 6.07) is -1.84. The van der Waals surface area contributed by atoms with Crippen LogP contribution in [0.2, 0.25) is 0 Å². The van der Waals surface area contributed by atoms with Gasteiger partial charge in [-0.05, 0) is 64.7 Å². The molecule has 13 unspecified atom stereocenters. The summed E-state index contributed by atoms with van der Waals surface area (Å²) in [5, 5.41) is 89.2. The quantitative estimate of drug-likeness (QED) is 0.0467. The molecule has 1 aromatic rings. The average molecular weight is 926 g/mol. The molecule has 0 bridgehead atoms. The molecule has 26 nitrogen and oxygen atoms in total. The molecular weight excluding hydrogens is 865 g/mol. The molecule has 3 aliphatic rings. The van der Waals surface area contributed by atoms with Crippen molar-refractivity contribution >= 4 is 49.1 Å². The summed E-state index contributed by atoms with van der Waals surface area (Å²) in [7, 11) is -3.48. The van der Waals surface area contributed by atoms with Crippen LogP contribution >= 0.6 is 7.82 Å². The number of anilines is 3. The summed E-state index contributed by atoms with van der Waals surface area (Å²) in [5.74, 6) is -5.37. The topological polar surface area (TPSA) is 415 Å². The Bertz CT molecular complexity index is 1840. The van der Waals surface area contributed by atoms with Gasteiger partial charge < -0.3 is 81.8 Å². The van der Waals surface area contributed by atoms with Crippen molar-refractivity contribution in [1.82, 2.24) is 20.6 Å². The van der Waals surface area contributed by atoms with E-state index in [1.807, 2.05) is 31.1 Å². The Balaban J connectivity index is 1.21. The van der Waals surface area contributed by atoms with Crippen molar-refractivity contribution in [3.63, 3.8) is 0 Å². The minimum atomic E-state index is -5.32. The molecule has 27 heteroatoms. The first-order chi connectivity index (χ1) is 29.5. The number of H-pyrrole nitrogens is 1. The number of hydrogen-bond acceptors (Lipinski definition) is 20. The third-order valence-electron chi connectivity index (χ3n) is 11.4. The second-order valence-electron chi connectivity index (χ2n) is 16.2. The number of rotatable bonds is 24. The van der Waals surface area contributed by atoms with E-state index in [2.05, 4.69) is 20.6 Å². The lowest BCUT2D eigenvalue weighted by molar-refractivity contribution is -0.193. The van der Waals surface area contributed by atoms with Crippen molar-refractivity contribution in [3.8, 4) is 0 Å². The lowest BCUT2D eigenvalue weighted by atomic mass is 9.81. The molecule has 1 saturated heterocycles. The number of aromatic nitrogens is 2. The van der Waals surface area contributed by atoms with E-state index in [0.29, 0.717) is 24.3 Å². The Morgan fingerprint density at radius 3 is 2.27 bits per heavy atom. The highest BCUT2D eigenvalue weighted by molar-refractivity contribution is 7.47. The van der Waals surface area contributed by atoms with Crippen LogP contribution < -0.4 is 32.1 Å². The highest BCUT2D eigenvalue weighted by Gasteiger charge is 2.46. The van der Waals surface area contributed by atoms with Crippen molar-refractivity contribution < 1.29 is 88.0 Å². The number of nitrogen functional groups attached to an aromatic ring is 1. The molecule has 2 fully saturated rings. The van der Waals surface area contributed by atoms with Crippen LogP contribution in [0.25, 0.3) is 0 Å². The Kier molecular flexibility index (Phi) is 18.6. The molecule has 1 aromatic heterocycles. The van der Waals surface area contributed by atoms with Crippen LogP contribution in [0.4, 0.5) is 17.5 Å². The number of nitrogens with one attached hydrogen (secondary N) is 4. The minimum Gasteiger partial charge on any atom is -0.481 e. The zero-order valence-corrected chi connectivity index (χ0v) is 35.8. The van der Waals surface area contributed by atoms with E-state index < -0.39 is 126 Å². The van der Waals surface area contributed by atoms with E-state index in [1.54, 1.807) is 0 Å². The third kappa shape index (κ3) is 14.5. The molecule has 4 rings (SSSR count). The number of aromatic amines is 1. The number of nitrogens with two attached hydrogens (primary N) is 1. The van der Waals surface area contributed by atoms with Crippen molar-refractivity contribution in [2.24, 2.45) is 5.92 Å². The first-order valence-corrected chi connectivity index (χ1v) is 21.9. The molecule has 1 saturated carbocycles. The zero-order valence-electron chi connectivity index (χ0n) is 34.9. The van der Waals surface area contributed by atoms with Gasteiger partial charge in [0.2, 0.25) is 5.95 Å². The first-order valence-electron chi connectivity index (χ1n) is 20.4. The van der Waals surface area contributed by atoms with E-state index >= 15 is 0 Å². The molecule has 3 heterocycles.